The molecule has 20 heavy (non-hydrogen) atoms. The summed E-state index contributed by atoms with van der Waals surface area (Å²) in [6, 6.07) is 1.33. The summed E-state index contributed by atoms with van der Waals surface area (Å²) in [7, 11) is 0. The van der Waals surface area contributed by atoms with E-state index in [1.54, 1.807) is 0 Å². The molecule has 1 amide bonds. The zero-order valence-electron chi connectivity index (χ0n) is 10.5. The van der Waals surface area contributed by atoms with Crippen LogP contribution in [0.5, 0.6) is 0 Å². The van der Waals surface area contributed by atoms with E-state index in [4.69, 9.17) is 28.3 Å². The summed E-state index contributed by atoms with van der Waals surface area (Å²) in [5.74, 6) is -1.28. The third-order valence-electron chi connectivity index (χ3n) is 3.53. The van der Waals surface area contributed by atoms with E-state index in [9.17, 15) is 9.59 Å². The van der Waals surface area contributed by atoms with Gasteiger partial charge in [-0.05, 0) is 24.3 Å². The van der Waals surface area contributed by atoms with Gasteiger partial charge in [-0.1, -0.05) is 29.6 Å². The zero-order chi connectivity index (χ0) is 14.8. The Morgan fingerprint density at radius 1 is 1.35 bits per heavy atom. The van der Waals surface area contributed by atoms with Crippen LogP contribution >= 0.6 is 23.2 Å². The van der Waals surface area contributed by atoms with E-state index in [2.05, 4.69) is 15.5 Å². The third-order valence-corrected chi connectivity index (χ3v) is 3.99. The highest BCUT2D eigenvalue weighted by Gasteiger charge is 2.39. The van der Waals surface area contributed by atoms with Crippen LogP contribution in [0.25, 0.3) is 0 Å². The molecule has 0 aliphatic heterocycles. The van der Waals surface area contributed by atoms with Crippen molar-refractivity contribution < 1.29 is 14.7 Å². The number of carboxylic acid groups (broad SMARTS) is 1. The molecule has 1 aliphatic rings. The van der Waals surface area contributed by atoms with E-state index in [1.807, 2.05) is 0 Å². The highest BCUT2D eigenvalue weighted by molar-refractivity contribution is 6.34. The van der Waals surface area contributed by atoms with Crippen molar-refractivity contribution >= 4 is 35.1 Å². The fourth-order valence-corrected chi connectivity index (χ4v) is 2.61. The molecule has 2 rings (SSSR count). The number of amides is 1. The lowest BCUT2D eigenvalue weighted by atomic mass is 9.66. The molecule has 0 unspecified atom stereocenters. The Balaban J connectivity index is 2.01. The van der Waals surface area contributed by atoms with Gasteiger partial charge in [-0.2, -0.15) is 0 Å². The van der Waals surface area contributed by atoms with Crippen LogP contribution in [-0.4, -0.2) is 33.7 Å². The molecule has 0 aromatic carbocycles. The molecular weight excluding hydrogens is 305 g/mol. The molecule has 1 heterocycles. The number of carbonyl (C=O) groups excluding carboxylic acids is 1. The predicted octanol–water partition coefficient (Wildman–Crippen LogP) is 2.16. The van der Waals surface area contributed by atoms with Gasteiger partial charge in [0, 0.05) is 6.54 Å². The molecule has 0 bridgehead atoms. The van der Waals surface area contributed by atoms with Crippen LogP contribution in [0.2, 0.25) is 10.3 Å². The Morgan fingerprint density at radius 3 is 2.60 bits per heavy atom. The molecule has 0 atom stereocenters. The monoisotopic (exact) mass is 317 g/mol. The zero-order valence-corrected chi connectivity index (χ0v) is 12.0. The quantitative estimate of drug-likeness (QED) is 0.868. The number of halogens is 2. The summed E-state index contributed by atoms with van der Waals surface area (Å²) in [5.41, 5.74) is -0.213. The average Bonchev–Trinajstić information content (AvgIpc) is 2.34. The van der Waals surface area contributed by atoms with E-state index in [-0.39, 0.29) is 27.7 Å². The lowest BCUT2D eigenvalue weighted by Crippen LogP contribution is -2.43. The Morgan fingerprint density at radius 2 is 2.05 bits per heavy atom. The molecule has 8 heteroatoms. The molecule has 1 fully saturated rings. The van der Waals surface area contributed by atoms with Gasteiger partial charge in [0.05, 0.1) is 12.0 Å². The van der Waals surface area contributed by atoms with Crippen molar-refractivity contribution in [3.8, 4) is 0 Å². The molecule has 1 aromatic heterocycles. The molecule has 1 aliphatic carbocycles. The number of nitrogens with zero attached hydrogens (tertiary/aromatic N) is 2. The van der Waals surface area contributed by atoms with Crippen LogP contribution < -0.4 is 5.32 Å². The van der Waals surface area contributed by atoms with Crippen LogP contribution in [0.1, 0.15) is 36.0 Å². The molecule has 0 spiro atoms. The SMILES string of the molecule is O=C(O)CC1(CNC(=O)c2cc(Cl)nnc2Cl)CCC1. The van der Waals surface area contributed by atoms with Crippen molar-refractivity contribution in [3.63, 3.8) is 0 Å². The molecule has 2 N–H and O–H groups in total. The van der Waals surface area contributed by atoms with Gasteiger partial charge in [-0.15, -0.1) is 10.2 Å². The number of carbonyl (C=O) groups is 2. The summed E-state index contributed by atoms with van der Waals surface area (Å²) in [4.78, 5) is 22.9. The minimum absolute atomic E-state index is 0.0344. The first-order valence-electron chi connectivity index (χ1n) is 6.11. The Hall–Kier alpha value is -1.40. The first-order valence-corrected chi connectivity index (χ1v) is 6.86. The van der Waals surface area contributed by atoms with Crippen LogP contribution in [0.3, 0.4) is 0 Å². The van der Waals surface area contributed by atoms with E-state index in [1.165, 1.54) is 6.07 Å². The lowest BCUT2D eigenvalue weighted by molar-refractivity contribution is -0.141. The molecule has 1 aromatic rings. The van der Waals surface area contributed by atoms with Gasteiger partial charge in [-0.25, -0.2) is 0 Å². The first-order chi connectivity index (χ1) is 9.42. The van der Waals surface area contributed by atoms with Crippen molar-refractivity contribution in [2.24, 2.45) is 5.41 Å². The lowest BCUT2D eigenvalue weighted by Gasteiger charge is -2.40. The summed E-state index contributed by atoms with van der Waals surface area (Å²) in [6.07, 6.45) is 2.62. The predicted molar refractivity (Wildman–Crippen MR) is 72.9 cm³/mol. The van der Waals surface area contributed by atoms with Crippen LogP contribution in [0.15, 0.2) is 6.07 Å². The Bertz CT molecular complexity index is 547. The maximum absolute atomic E-state index is 12.0. The van der Waals surface area contributed by atoms with Crippen molar-refractivity contribution in [2.45, 2.75) is 25.7 Å². The average molecular weight is 318 g/mol. The molecule has 1 saturated carbocycles. The standard InChI is InChI=1S/C12H13Cl2N3O3/c13-8-4-7(10(14)17-16-8)11(20)15-6-12(2-1-3-12)5-9(18)19/h4H,1-3,5-6H2,(H,15,20)(H,18,19). The minimum Gasteiger partial charge on any atom is -0.481 e. The van der Waals surface area contributed by atoms with Crippen molar-refractivity contribution in [2.75, 3.05) is 6.54 Å². The number of aromatic nitrogens is 2. The number of aliphatic carboxylic acids is 1. The normalized spacial score (nSPS) is 16.3. The Labute approximate surface area is 125 Å². The van der Waals surface area contributed by atoms with Crippen molar-refractivity contribution in [1.29, 1.82) is 0 Å². The van der Waals surface area contributed by atoms with Gasteiger partial charge >= 0.3 is 5.97 Å². The van der Waals surface area contributed by atoms with Crippen LogP contribution in [0.4, 0.5) is 0 Å². The fraction of sp³-hybridized carbons (Fsp3) is 0.500. The smallest absolute Gasteiger partial charge is 0.303 e. The summed E-state index contributed by atoms with van der Waals surface area (Å²) >= 11 is 11.5. The van der Waals surface area contributed by atoms with E-state index >= 15 is 0 Å². The second-order valence-electron chi connectivity index (χ2n) is 4.98. The van der Waals surface area contributed by atoms with Gasteiger partial charge in [0.15, 0.2) is 10.3 Å². The second kappa shape index (κ2) is 5.93. The Kier molecular flexibility index (Phi) is 4.45. The van der Waals surface area contributed by atoms with Crippen molar-refractivity contribution in [3.05, 3.63) is 21.9 Å². The van der Waals surface area contributed by atoms with E-state index < -0.39 is 11.9 Å². The van der Waals surface area contributed by atoms with Crippen molar-refractivity contribution in [1.82, 2.24) is 15.5 Å². The summed E-state index contributed by atoms with van der Waals surface area (Å²) < 4.78 is 0. The minimum atomic E-state index is -0.856. The number of hydrogen-bond acceptors (Lipinski definition) is 4. The van der Waals surface area contributed by atoms with Crippen LogP contribution in [-0.2, 0) is 4.79 Å². The maximum atomic E-state index is 12.0. The third kappa shape index (κ3) is 3.37. The molecule has 0 saturated heterocycles. The second-order valence-corrected chi connectivity index (χ2v) is 5.72. The molecular formula is C12H13Cl2N3O3. The summed E-state index contributed by atoms with van der Waals surface area (Å²) in [6.45, 7) is 0.300. The fourth-order valence-electron chi connectivity index (χ4n) is 2.29. The van der Waals surface area contributed by atoms with Gasteiger partial charge in [-0.3, -0.25) is 9.59 Å². The largest absolute Gasteiger partial charge is 0.481 e. The van der Waals surface area contributed by atoms with Gasteiger partial charge < -0.3 is 10.4 Å². The van der Waals surface area contributed by atoms with Crippen LogP contribution in [0, 0.1) is 5.41 Å². The molecule has 108 valence electrons. The first kappa shape index (κ1) is 15.0. The maximum Gasteiger partial charge on any atom is 0.303 e. The highest BCUT2D eigenvalue weighted by Crippen LogP contribution is 2.43. The van der Waals surface area contributed by atoms with E-state index in [0.29, 0.717) is 6.54 Å². The number of nitrogens with one attached hydrogen (secondary N) is 1. The highest BCUT2D eigenvalue weighted by atomic mass is 35.5. The number of hydrogen-bond donors (Lipinski definition) is 2. The summed E-state index contributed by atoms with van der Waals surface area (Å²) in [5, 5.41) is 18.7. The molecule has 0 radical (unpaired) electrons. The van der Waals surface area contributed by atoms with E-state index in [0.717, 1.165) is 19.3 Å². The topological polar surface area (TPSA) is 92.2 Å². The molecule has 6 nitrogen and oxygen atoms in total. The van der Waals surface area contributed by atoms with Gasteiger partial charge in [0.25, 0.3) is 5.91 Å². The van der Waals surface area contributed by atoms with Gasteiger partial charge in [0.2, 0.25) is 0 Å². The number of rotatable bonds is 5. The number of carboxylic acids is 1. The van der Waals surface area contributed by atoms with Gasteiger partial charge in [0.1, 0.15) is 0 Å².